The molecule has 0 unspecified atom stereocenters. The van der Waals surface area contributed by atoms with Crippen LogP contribution in [0.5, 0.6) is 5.75 Å². The van der Waals surface area contributed by atoms with E-state index in [1.807, 2.05) is 0 Å². The van der Waals surface area contributed by atoms with Crippen LogP contribution in [0.25, 0.3) is 39.4 Å². The monoisotopic (exact) mass is 611 g/mol. The topological polar surface area (TPSA) is 114 Å². The molecule has 0 atom stereocenters. The number of ether oxygens (including phenoxy) is 2. The fraction of sp³-hybridized carbons (Fsp3) is 0.167. The van der Waals surface area contributed by atoms with Gasteiger partial charge in [0.2, 0.25) is 0 Å². The number of carbonyl (C=O) groups is 1. The van der Waals surface area contributed by atoms with E-state index in [1.165, 1.54) is 41.1 Å². The molecular formula is C30H24F3N3O6S. The van der Waals surface area contributed by atoms with Crippen molar-refractivity contribution in [3.05, 3.63) is 90.6 Å². The molecule has 0 saturated heterocycles. The number of carbonyl (C=O) groups excluding carboxylic acids is 1. The number of hydrogen-bond donors (Lipinski definition) is 0. The van der Waals surface area contributed by atoms with Crippen molar-refractivity contribution in [3.63, 3.8) is 0 Å². The van der Waals surface area contributed by atoms with E-state index in [9.17, 15) is 26.4 Å². The average molecular weight is 612 g/mol. The van der Waals surface area contributed by atoms with Crippen molar-refractivity contribution in [2.45, 2.75) is 25.1 Å². The molecule has 43 heavy (non-hydrogen) atoms. The highest BCUT2D eigenvalue weighted by Crippen LogP contribution is 2.39. The average Bonchev–Trinajstić information content (AvgIpc) is 3.59. The lowest BCUT2D eigenvalue weighted by molar-refractivity contribution is -0.274. The van der Waals surface area contributed by atoms with E-state index in [4.69, 9.17) is 9.15 Å². The Bertz CT molecular complexity index is 1910. The van der Waals surface area contributed by atoms with Crippen LogP contribution in [0.4, 0.5) is 13.2 Å². The zero-order chi connectivity index (χ0) is 30.9. The van der Waals surface area contributed by atoms with Gasteiger partial charge in [-0.25, -0.2) is 22.9 Å². The highest BCUT2D eigenvalue weighted by Gasteiger charge is 2.31. The zero-order valence-corrected chi connectivity index (χ0v) is 23.9. The molecule has 0 spiro atoms. The number of alkyl halides is 3. The van der Waals surface area contributed by atoms with Crippen molar-refractivity contribution in [1.82, 2.24) is 14.8 Å². The number of rotatable bonds is 8. The lowest BCUT2D eigenvalue weighted by atomic mass is 9.98. The molecule has 13 heteroatoms. The van der Waals surface area contributed by atoms with Crippen molar-refractivity contribution < 1.29 is 40.3 Å². The van der Waals surface area contributed by atoms with Crippen molar-refractivity contribution >= 4 is 15.8 Å². The quantitative estimate of drug-likeness (QED) is 0.179. The number of hydrogen-bond acceptors (Lipinski definition) is 8. The SMILES string of the molecule is CCOC(=O)c1ccn(-c2ccc(-c3cccc(S(C)(=O)=O)c3)cc2-c2oc(C)nc2-c2ccc(OC(F)(F)F)cc2)n1. The molecule has 5 rings (SSSR count). The largest absolute Gasteiger partial charge is 0.573 e. The minimum atomic E-state index is -4.84. The maximum Gasteiger partial charge on any atom is 0.573 e. The van der Waals surface area contributed by atoms with E-state index < -0.39 is 27.9 Å². The van der Waals surface area contributed by atoms with E-state index >= 15 is 0 Å². The summed E-state index contributed by atoms with van der Waals surface area (Å²) in [5.74, 6) is -0.445. The molecule has 9 nitrogen and oxygen atoms in total. The summed E-state index contributed by atoms with van der Waals surface area (Å²) in [6, 6.07) is 18.4. The maximum atomic E-state index is 12.7. The summed E-state index contributed by atoms with van der Waals surface area (Å²) in [6.07, 6.45) is -2.15. The lowest BCUT2D eigenvalue weighted by Gasteiger charge is -2.13. The number of benzene rings is 3. The van der Waals surface area contributed by atoms with Gasteiger partial charge in [-0.1, -0.05) is 18.2 Å². The number of oxazole rings is 1. The molecule has 0 bridgehead atoms. The van der Waals surface area contributed by atoms with Crippen LogP contribution in [-0.4, -0.2) is 48.4 Å². The summed E-state index contributed by atoms with van der Waals surface area (Å²) in [6.45, 7) is 3.48. The molecule has 2 aromatic heterocycles. The van der Waals surface area contributed by atoms with Gasteiger partial charge in [0.15, 0.2) is 27.2 Å². The van der Waals surface area contributed by atoms with Gasteiger partial charge in [0.1, 0.15) is 11.4 Å². The van der Waals surface area contributed by atoms with Crippen LogP contribution in [0.1, 0.15) is 23.3 Å². The van der Waals surface area contributed by atoms with Crippen molar-refractivity contribution in [3.8, 4) is 45.1 Å². The second kappa shape index (κ2) is 11.4. The highest BCUT2D eigenvalue weighted by atomic mass is 32.2. The van der Waals surface area contributed by atoms with Crippen LogP contribution in [0.2, 0.25) is 0 Å². The molecule has 0 aliphatic rings. The fourth-order valence-electron chi connectivity index (χ4n) is 4.40. The van der Waals surface area contributed by atoms with Gasteiger partial charge in [-0.3, -0.25) is 0 Å². The van der Waals surface area contributed by atoms with E-state index in [0.717, 1.165) is 6.26 Å². The van der Waals surface area contributed by atoms with Crippen LogP contribution in [0.15, 0.2) is 88.3 Å². The molecule has 5 aromatic rings. The van der Waals surface area contributed by atoms with Gasteiger partial charge in [-0.15, -0.1) is 13.2 Å². The Hall–Kier alpha value is -4.91. The van der Waals surface area contributed by atoms with Crippen LogP contribution < -0.4 is 4.74 Å². The fourth-order valence-corrected chi connectivity index (χ4v) is 5.06. The number of aryl methyl sites for hydroxylation is 1. The number of esters is 1. The molecule has 0 amide bonds. The van der Waals surface area contributed by atoms with Crippen LogP contribution in [-0.2, 0) is 14.6 Å². The Morgan fingerprint density at radius 2 is 1.67 bits per heavy atom. The van der Waals surface area contributed by atoms with E-state index in [1.54, 1.807) is 56.4 Å². The molecule has 222 valence electrons. The smallest absolute Gasteiger partial charge is 0.461 e. The van der Waals surface area contributed by atoms with E-state index in [2.05, 4.69) is 14.8 Å². The normalized spacial score (nSPS) is 11.9. The second-order valence-electron chi connectivity index (χ2n) is 9.38. The van der Waals surface area contributed by atoms with Gasteiger partial charge in [0, 0.05) is 30.5 Å². The second-order valence-corrected chi connectivity index (χ2v) is 11.4. The number of halogens is 3. The van der Waals surface area contributed by atoms with Crippen molar-refractivity contribution in [2.24, 2.45) is 0 Å². The van der Waals surface area contributed by atoms with Gasteiger partial charge in [-0.2, -0.15) is 5.10 Å². The Morgan fingerprint density at radius 3 is 2.35 bits per heavy atom. The first kappa shape index (κ1) is 29.6. The highest BCUT2D eigenvalue weighted by molar-refractivity contribution is 7.90. The zero-order valence-electron chi connectivity index (χ0n) is 23.0. The van der Waals surface area contributed by atoms with Crippen LogP contribution >= 0.6 is 0 Å². The first-order valence-electron chi connectivity index (χ1n) is 12.8. The van der Waals surface area contributed by atoms with Gasteiger partial charge in [0.25, 0.3) is 0 Å². The number of sulfone groups is 1. The van der Waals surface area contributed by atoms with E-state index in [-0.39, 0.29) is 28.8 Å². The van der Waals surface area contributed by atoms with Crippen molar-refractivity contribution in [1.29, 1.82) is 0 Å². The molecular weight excluding hydrogens is 587 g/mol. The van der Waals surface area contributed by atoms with Crippen LogP contribution in [0.3, 0.4) is 0 Å². The first-order chi connectivity index (χ1) is 20.3. The third-order valence-electron chi connectivity index (χ3n) is 6.25. The van der Waals surface area contributed by atoms with Gasteiger partial charge in [0.05, 0.1) is 17.2 Å². The van der Waals surface area contributed by atoms with Gasteiger partial charge < -0.3 is 13.9 Å². The Morgan fingerprint density at radius 1 is 0.977 bits per heavy atom. The third-order valence-corrected chi connectivity index (χ3v) is 7.36. The molecule has 3 aromatic carbocycles. The summed E-state index contributed by atoms with van der Waals surface area (Å²) in [7, 11) is -3.48. The van der Waals surface area contributed by atoms with E-state index in [0.29, 0.717) is 33.6 Å². The van der Waals surface area contributed by atoms with Gasteiger partial charge >= 0.3 is 12.3 Å². The predicted molar refractivity (Wildman–Crippen MR) is 150 cm³/mol. The standard InChI is InChI=1S/C30H24F3N3O6S/c1-4-40-29(37)25-14-15-36(35-25)26-13-10-21(20-6-5-7-23(16-20)43(3,38)39)17-24(26)28-27(34-18(2)41-28)19-8-11-22(12-9-19)42-30(31,32)33/h5-17H,4H2,1-3H3. The number of nitrogens with zero attached hydrogens (tertiary/aromatic N) is 3. The van der Waals surface area contributed by atoms with Gasteiger partial charge in [-0.05, 0) is 72.6 Å². The molecule has 0 N–H and O–H groups in total. The summed E-state index contributed by atoms with van der Waals surface area (Å²) >= 11 is 0. The lowest BCUT2D eigenvalue weighted by Crippen LogP contribution is -2.16. The summed E-state index contributed by atoms with van der Waals surface area (Å²) < 4.78 is 79.1. The van der Waals surface area contributed by atoms with Crippen molar-refractivity contribution in [2.75, 3.05) is 12.9 Å². The molecule has 0 aliphatic carbocycles. The molecule has 2 heterocycles. The summed E-state index contributed by atoms with van der Waals surface area (Å²) in [5.41, 5.74) is 3.04. The minimum absolute atomic E-state index is 0.0759. The third kappa shape index (κ3) is 6.61. The minimum Gasteiger partial charge on any atom is -0.461 e. The predicted octanol–water partition coefficient (Wildman–Crippen LogP) is 6.65. The molecule has 0 aliphatic heterocycles. The Kier molecular flexibility index (Phi) is 7.84. The first-order valence-corrected chi connectivity index (χ1v) is 14.7. The van der Waals surface area contributed by atoms with Crippen LogP contribution in [0, 0.1) is 6.92 Å². The Labute approximate surface area is 244 Å². The molecule has 0 saturated carbocycles. The summed E-state index contributed by atoms with van der Waals surface area (Å²) in [4.78, 5) is 16.9. The number of aromatic nitrogens is 3. The molecule has 0 fully saturated rings. The maximum absolute atomic E-state index is 12.7. The summed E-state index contributed by atoms with van der Waals surface area (Å²) in [5, 5.41) is 4.37. The molecule has 0 radical (unpaired) electrons. The Balaban J connectivity index is 1.67.